The molecule has 103 heavy (non-hydrogen) atoms. The molecule has 0 radical (unpaired) electrons. The maximum atomic E-state index is 13.5. The molecule has 0 spiro atoms. The number of hydrogen-bond acceptors (Lipinski definition) is 28. The first-order valence-electron chi connectivity index (χ1n) is 38.5. The van der Waals surface area contributed by atoms with Crippen LogP contribution in [-0.4, -0.2) is 300 Å². The fourth-order valence-electron chi connectivity index (χ4n) is 14.0. The van der Waals surface area contributed by atoms with E-state index in [0.717, 1.165) is 65.2 Å². The van der Waals surface area contributed by atoms with Crippen LogP contribution in [0.25, 0.3) is 0 Å². The maximum absolute atomic E-state index is 13.5. The molecule has 0 aromatic rings. The smallest absolute Gasteiger partial charge is 0.220 e. The number of unbranched alkanes of at least 4 members (excludes halogenated alkanes) is 27. The van der Waals surface area contributed by atoms with Gasteiger partial charge in [-0.15, -0.1) is 0 Å². The standard InChI is InChI=1S/C72H131N3O28/c1-5-7-9-11-13-15-17-19-20-21-22-24-26-28-30-32-34-36-52(84)75-45(46(83)35-33-31-29-27-25-23-18-16-14-12-10-8-6-2)42-94-70-61(91)60(90)64(51(41-80)99-70)100-71-63(93)67(58(88)50(40-79)97-71)103-72-62(92)66(57(87)49(39-78)98-72)102-69-54(74-44(4)82)65(56(86)48(38-77)96-69)101-68-53(73-43(3)81)59(89)55(85)47(37-76)95-68/h33,35,45-51,53-72,76-80,83,85-93H,5-32,34,36-42H2,1-4H3,(H,73,81)(H,74,82)(H,75,84)/b35-33+/t45-,46+,47?,48?,49?,50?,51?,53?,54?,55-,56-,57-,58-,59+,60+,61?,62?,63?,64+,65+,66-,67-,68+,69-,70+,71-,72+/m0/s1. The first-order valence-corrected chi connectivity index (χ1v) is 38.5. The van der Waals surface area contributed by atoms with E-state index in [4.69, 9.17) is 47.4 Å². The van der Waals surface area contributed by atoms with Gasteiger partial charge in [-0.2, -0.15) is 0 Å². The monoisotopic (exact) mass is 1490 g/mol. The molecule has 10 unspecified atom stereocenters. The number of aliphatic hydroxyl groups excluding tert-OH is 15. The minimum atomic E-state index is -2.24. The van der Waals surface area contributed by atoms with Gasteiger partial charge in [-0.25, -0.2) is 0 Å². The summed E-state index contributed by atoms with van der Waals surface area (Å²) in [6.07, 6.45) is -7.12. The van der Waals surface area contributed by atoms with Crippen molar-refractivity contribution in [3.63, 3.8) is 0 Å². The highest BCUT2D eigenvalue weighted by Gasteiger charge is 2.57. The van der Waals surface area contributed by atoms with Crippen molar-refractivity contribution in [2.24, 2.45) is 0 Å². The van der Waals surface area contributed by atoms with E-state index in [0.29, 0.717) is 12.8 Å². The van der Waals surface area contributed by atoms with Gasteiger partial charge in [-0.05, 0) is 19.3 Å². The molecular formula is C72H131N3O28. The number of rotatable bonds is 51. The number of carbonyl (C=O) groups is 3. The van der Waals surface area contributed by atoms with Crippen LogP contribution in [0.4, 0.5) is 0 Å². The van der Waals surface area contributed by atoms with Gasteiger partial charge in [0.1, 0.15) is 122 Å². The number of ether oxygens (including phenoxy) is 10. The molecule has 5 aliphatic heterocycles. The largest absolute Gasteiger partial charge is 0.394 e. The van der Waals surface area contributed by atoms with Crippen molar-refractivity contribution < 1.29 is 138 Å². The average Bonchev–Trinajstić information content (AvgIpc) is 0.772. The quantitative estimate of drug-likeness (QED) is 0.0292. The van der Waals surface area contributed by atoms with Gasteiger partial charge in [0.15, 0.2) is 31.5 Å². The van der Waals surface area contributed by atoms with Gasteiger partial charge in [0.25, 0.3) is 0 Å². The van der Waals surface area contributed by atoms with Crippen molar-refractivity contribution in [3.05, 3.63) is 12.2 Å². The highest BCUT2D eigenvalue weighted by molar-refractivity contribution is 5.76. The Hall–Kier alpha value is -2.85. The second-order valence-electron chi connectivity index (χ2n) is 28.6. The molecular weight excluding hydrogens is 1350 g/mol. The van der Waals surface area contributed by atoms with Crippen LogP contribution in [0.15, 0.2) is 12.2 Å². The summed E-state index contributed by atoms with van der Waals surface area (Å²) in [5.41, 5.74) is 0. The summed E-state index contributed by atoms with van der Waals surface area (Å²) >= 11 is 0. The predicted molar refractivity (Wildman–Crippen MR) is 370 cm³/mol. The summed E-state index contributed by atoms with van der Waals surface area (Å²) in [7, 11) is 0. The molecule has 5 aliphatic rings. The molecule has 0 aromatic carbocycles. The van der Waals surface area contributed by atoms with Crippen molar-refractivity contribution >= 4 is 17.7 Å². The van der Waals surface area contributed by atoms with Crippen molar-refractivity contribution in [2.45, 2.75) is 386 Å². The van der Waals surface area contributed by atoms with Crippen LogP contribution in [0.5, 0.6) is 0 Å². The summed E-state index contributed by atoms with van der Waals surface area (Å²) in [6, 6.07) is -4.36. The Labute approximate surface area is 607 Å². The van der Waals surface area contributed by atoms with E-state index in [1.807, 2.05) is 6.08 Å². The molecule has 5 fully saturated rings. The number of amides is 3. The lowest BCUT2D eigenvalue weighted by molar-refractivity contribution is -0.389. The molecule has 0 aliphatic carbocycles. The summed E-state index contributed by atoms with van der Waals surface area (Å²) in [5, 5.41) is 175. The Morgan fingerprint density at radius 1 is 0.379 bits per heavy atom. The van der Waals surface area contributed by atoms with Crippen LogP contribution in [0.2, 0.25) is 0 Å². The normalized spacial score (nSPS) is 34.9. The van der Waals surface area contributed by atoms with Crippen LogP contribution in [0.1, 0.15) is 220 Å². The van der Waals surface area contributed by atoms with E-state index in [-0.39, 0.29) is 12.3 Å². The summed E-state index contributed by atoms with van der Waals surface area (Å²) in [5.74, 6) is -1.89. The molecule has 27 atom stereocenters. The topological polar surface area (TPSA) is 483 Å². The Morgan fingerprint density at radius 2 is 0.728 bits per heavy atom. The van der Waals surface area contributed by atoms with Gasteiger partial charge in [0.2, 0.25) is 17.7 Å². The van der Waals surface area contributed by atoms with E-state index in [1.165, 1.54) is 122 Å². The van der Waals surface area contributed by atoms with Gasteiger partial charge in [0, 0.05) is 20.3 Å². The van der Waals surface area contributed by atoms with Crippen molar-refractivity contribution in [1.29, 1.82) is 0 Å². The van der Waals surface area contributed by atoms with E-state index >= 15 is 0 Å². The molecule has 602 valence electrons. The average molecular weight is 1490 g/mol. The zero-order valence-corrected chi connectivity index (χ0v) is 61.2. The SMILES string of the molecule is CCCCCCCCCCCCC/C=C/[C@@H](O)[C@H](CO[C@@H]1OC(CO)[C@@H](O[C@@H]2OC(CO)[C@H](O)[C@H](O[C@H]3OC(CO)[C@H](O)[C@H](O[C@@H]4OC(CO)[C@H](O)[C@H](O[C@H]5OC(CO)[C@H](O)[C@H](O)C5NC(C)=O)C4NC(C)=O)C3O)C2O)[C@H](O)C1O)NC(=O)CCCCCCCCCCCCCCCCCCC. The second kappa shape index (κ2) is 50.0. The molecule has 5 saturated heterocycles. The summed E-state index contributed by atoms with van der Waals surface area (Å²) in [6.45, 7) is 1.35. The van der Waals surface area contributed by atoms with Crippen LogP contribution in [0.3, 0.4) is 0 Å². The van der Waals surface area contributed by atoms with Gasteiger partial charge >= 0.3 is 0 Å². The summed E-state index contributed by atoms with van der Waals surface area (Å²) in [4.78, 5) is 38.6. The number of allylic oxidation sites excluding steroid dienone is 1. The number of aliphatic hydroxyl groups is 15. The first kappa shape index (κ1) is 90.8. The predicted octanol–water partition coefficient (Wildman–Crippen LogP) is 0.532. The Bertz CT molecular complexity index is 2310. The molecule has 0 aromatic heterocycles. The van der Waals surface area contributed by atoms with E-state index in [1.54, 1.807) is 6.08 Å². The van der Waals surface area contributed by atoms with Crippen LogP contribution in [-0.2, 0) is 61.8 Å². The molecule has 5 heterocycles. The minimum Gasteiger partial charge on any atom is -0.394 e. The van der Waals surface area contributed by atoms with Crippen LogP contribution >= 0.6 is 0 Å². The zero-order valence-electron chi connectivity index (χ0n) is 61.2. The van der Waals surface area contributed by atoms with Crippen molar-refractivity contribution in [3.8, 4) is 0 Å². The Morgan fingerprint density at radius 3 is 1.17 bits per heavy atom. The van der Waals surface area contributed by atoms with Gasteiger partial charge in [-0.1, -0.05) is 193 Å². The molecule has 31 heteroatoms. The Kier molecular flexibility index (Phi) is 44.1. The first-order chi connectivity index (χ1) is 49.6. The highest BCUT2D eigenvalue weighted by atomic mass is 16.8. The summed E-state index contributed by atoms with van der Waals surface area (Å²) < 4.78 is 59.2. The van der Waals surface area contributed by atoms with Gasteiger partial charge < -0.3 is 140 Å². The lowest BCUT2D eigenvalue weighted by Crippen LogP contribution is -2.71. The van der Waals surface area contributed by atoms with Crippen LogP contribution < -0.4 is 16.0 Å². The third-order valence-corrected chi connectivity index (χ3v) is 20.1. The van der Waals surface area contributed by atoms with E-state index < -0.39 is 217 Å². The number of carbonyl (C=O) groups excluding carboxylic acids is 3. The van der Waals surface area contributed by atoms with E-state index in [9.17, 15) is 91.0 Å². The molecule has 31 nitrogen and oxygen atoms in total. The highest BCUT2D eigenvalue weighted by Crippen LogP contribution is 2.37. The lowest BCUT2D eigenvalue weighted by atomic mass is 9.93. The number of nitrogens with one attached hydrogen (secondary N) is 3. The van der Waals surface area contributed by atoms with E-state index in [2.05, 4.69) is 29.8 Å². The Balaban J connectivity index is 1.22. The lowest BCUT2D eigenvalue weighted by Gasteiger charge is -2.50. The third-order valence-electron chi connectivity index (χ3n) is 20.1. The van der Waals surface area contributed by atoms with Crippen LogP contribution in [0, 0.1) is 0 Å². The molecule has 0 bridgehead atoms. The zero-order chi connectivity index (χ0) is 75.4. The van der Waals surface area contributed by atoms with Crippen molar-refractivity contribution in [1.82, 2.24) is 16.0 Å². The fraction of sp³-hybridized carbons (Fsp3) is 0.931. The molecule has 5 rings (SSSR count). The second-order valence-corrected chi connectivity index (χ2v) is 28.6. The van der Waals surface area contributed by atoms with Gasteiger partial charge in [0.05, 0.1) is 51.8 Å². The molecule has 0 saturated carbocycles. The van der Waals surface area contributed by atoms with Crippen molar-refractivity contribution in [2.75, 3.05) is 39.6 Å². The minimum absolute atomic E-state index is 0.188. The molecule has 3 amide bonds. The molecule has 18 N–H and O–H groups in total. The van der Waals surface area contributed by atoms with Gasteiger partial charge in [-0.3, -0.25) is 14.4 Å². The fourth-order valence-corrected chi connectivity index (χ4v) is 14.0. The number of hydrogen-bond donors (Lipinski definition) is 18. The maximum Gasteiger partial charge on any atom is 0.220 e. The third kappa shape index (κ3) is 29.5.